The first kappa shape index (κ1) is 12.4. The van der Waals surface area contributed by atoms with E-state index < -0.39 is 11.9 Å². The summed E-state index contributed by atoms with van der Waals surface area (Å²) in [7, 11) is 0. The maximum Gasteiger partial charge on any atom is 0.240 e. The van der Waals surface area contributed by atoms with Gasteiger partial charge in [0.1, 0.15) is 11.9 Å². The zero-order chi connectivity index (χ0) is 13.3. The van der Waals surface area contributed by atoms with E-state index in [1.807, 2.05) is 0 Å². The number of rotatable bonds is 3. The van der Waals surface area contributed by atoms with Crippen LogP contribution >= 0.6 is 11.6 Å². The van der Waals surface area contributed by atoms with Crippen LogP contribution in [-0.2, 0) is 10.7 Å². The number of nitrogens with zero attached hydrogens (tertiary/aromatic N) is 3. The Morgan fingerprint density at radius 2 is 2.39 bits per heavy atom. The lowest BCUT2D eigenvalue weighted by Gasteiger charge is -2.13. The number of hydrogen-bond donors (Lipinski definition) is 1. The van der Waals surface area contributed by atoms with Gasteiger partial charge in [-0.05, 0) is 25.1 Å². The van der Waals surface area contributed by atoms with Gasteiger partial charge in [-0.25, -0.2) is 4.98 Å². The quantitative estimate of drug-likeness (QED) is 0.854. The fourth-order valence-corrected chi connectivity index (χ4v) is 2.05. The van der Waals surface area contributed by atoms with Crippen LogP contribution in [0.15, 0.2) is 18.2 Å². The van der Waals surface area contributed by atoms with Crippen molar-refractivity contribution in [2.24, 2.45) is 5.73 Å². The Morgan fingerprint density at radius 3 is 2.94 bits per heavy atom. The molecule has 1 aromatic carbocycles. The van der Waals surface area contributed by atoms with Gasteiger partial charge in [0.2, 0.25) is 5.91 Å². The molecule has 2 aromatic rings. The molecular weight excluding hydrogens is 252 g/mol. The standard InChI is InChI=1S/C12H11ClN4O/c1-7(12(15)18)17-10-4-8(6-14)2-3-9(10)16-11(17)5-13/h2-4,7H,5H2,1H3,(H2,15,18). The fraction of sp³-hybridized carbons (Fsp3) is 0.250. The Hall–Kier alpha value is -2.06. The van der Waals surface area contributed by atoms with Crippen LogP contribution in [0.5, 0.6) is 0 Å². The van der Waals surface area contributed by atoms with E-state index in [4.69, 9.17) is 22.6 Å². The van der Waals surface area contributed by atoms with Crippen LogP contribution in [0.25, 0.3) is 11.0 Å². The number of alkyl halides is 1. The molecule has 0 aliphatic rings. The fourth-order valence-electron chi connectivity index (χ4n) is 1.87. The Kier molecular flexibility index (Phi) is 3.21. The van der Waals surface area contributed by atoms with Crippen molar-refractivity contribution in [1.82, 2.24) is 9.55 Å². The van der Waals surface area contributed by atoms with E-state index >= 15 is 0 Å². The molecule has 1 atom stereocenters. The molecule has 6 heteroatoms. The second-order valence-electron chi connectivity index (χ2n) is 3.93. The van der Waals surface area contributed by atoms with Crippen molar-refractivity contribution in [2.45, 2.75) is 18.8 Å². The molecule has 1 aromatic heterocycles. The maximum absolute atomic E-state index is 11.3. The molecule has 0 aliphatic carbocycles. The van der Waals surface area contributed by atoms with Crippen LogP contribution in [0.4, 0.5) is 0 Å². The Bertz CT molecular complexity index is 656. The third-order valence-corrected chi connectivity index (χ3v) is 3.05. The highest BCUT2D eigenvalue weighted by Crippen LogP contribution is 2.23. The summed E-state index contributed by atoms with van der Waals surface area (Å²) in [6, 6.07) is 6.58. The van der Waals surface area contributed by atoms with Crippen LogP contribution in [-0.4, -0.2) is 15.5 Å². The number of aromatic nitrogens is 2. The van der Waals surface area contributed by atoms with Crippen molar-refractivity contribution >= 4 is 28.5 Å². The second kappa shape index (κ2) is 4.67. The average Bonchev–Trinajstić information content (AvgIpc) is 2.74. The molecule has 0 fully saturated rings. The SMILES string of the molecule is CC(C(N)=O)n1c(CCl)nc2ccc(C#N)cc21. The van der Waals surface area contributed by atoms with Crippen molar-refractivity contribution in [3.05, 3.63) is 29.6 Å². The van der Waals surface area contributed by atoms with Gasteiger partial charge >= 0.3 is 0 Å². The van der Waals surface area contributed by atoms with Crippen molar-refractivity contribution in [2.75, 3.05) is 0 Å². The van der Waals surface area contributed by atoms with Crippen LogP contribution in [0.2, 0.25) is 0 Å². The molecule has 2 N–H and O–H groups in total. The van der Waals surface area contributed by atoms with E-state index in [9.17, 15) is 4.79 Å². The smallest absolute Gasteiger partial charge is 0.240 e. The normalized spacial score (nSPS) is 12.3. The lowest BCUT2D eigenvalue weighted by Crippen LogP contribution is -2.25. The first-order chi connectivity index (χ1) is 8.58. The molecule has 2 rings (SSSR count). The molecule has 0 saturated carbocycles. The molecular formula is C12H11ClN4O. The molecule has 5 nitrogen and oxygen atoms in total. The van der Waals surface area contributed by atoms with Gasteiger partial charge in [-0.1, -0.05) is 0 Å². The zero-order valence-corrected chi connectivity index (χ0v) is 10.5. The molecule has 0 radical (unpaired) electrons. The molecule has 1 heterocycles. The van der Waals surface area contributed by atoms with Crippen molar-refractivity contribution in [3.8, 4) is 6.07 Å². The van der Waals surface area contributed by atoms with Gasteiger partial charge < -0.3 is 10.3 Å². The number of benzene rings is 1. The van der Waals surface area contributed by atoms with Crippen molar-refractivity contribution in [3.63, 3.8) is 0 Å². The number of amides is 1. The lowest BCUT2D eigenvalue weighted by molar-refractivity contribution is -0.120. The van der Waals surface area contributed by atoms with Crippen LogP contribution in [0.3, 0.4) is 0 Å². The number of fused-ring (bicyclic) bond motifs is 1. The minimum atomic E-state index is -0.558. The van der Waals surface area contributed by atoms with Gasteiger partial charge in [0, 0.05) is 0 Å². The first-order valence-electron chi connectivity index (χ1n) is 5.34. The summed E-state index contributed by atoms with van der Waals surface area (Å²) in [4.78, 5) is 15.7. The summed E-state index contributed by atoms with van der Waals surface area (Å²) in [5, 5.41) is 8.90. The van der Waals surface area contributed by atoms with E-state index in [1.165, 1.54) is 0 Å². The largest absolute Gasteiger partial charge is 0.368 e. The number of imidazole rings is 1. The summed E-state index contributed by atoms with van der Waals surface area (Å²) in [6.07, 6.45) is 0. The molecule has 92 valence electrons. The Balaban J connectivity index is 2.75. The van der Waals surface area contributed by atoms with Gasteiger partial charge in [-0.3, -0.25) is 4.79 Å². The van der Waals surface area contributed by atoms with Gasteiger partial charge in [0.25, 0.3) is 0 Å². The predicted molar refractivity (Wildman–Crippen MR) is 67.9 cm³/mol. The highest BCUT2D eigenvalue weighted by Gasteiger charge is 2.19. The van der Waals surface area contributed by atoms with Gasteiger partial charge in [0.15, 0.2) is 0 Å². The topological polar surface area (TPSA) is 84.7 Å². The monoisotopic (exact) mass is 262 g/mol. The molecule has 0 spiro atoms. The Morgan fingerprint density at radius 1 is 1.67 bits per heavy atom. The number of hydrogen-bond acceptors (Lipinski definition) is 3. The third-order valence-electron chi connectivity index (χ3n) is 2.81. The van der Waals surface area contributed by atoms with Gasteiger partial charge in [0.05, 0.1) is 28.5 Å². The molecule has 1 amide bonds. The lowest BCUT2D eigenvalue weighted by atomic mass is 10.2. The average molecular weight is 263 g/mol. The first-order valence-corrected chi connectivity index (χ1v) is 5.88. The molecule has 0 saturated heterocycles. The molecule has 0 aliphatic heterocycles. The summed E-state index contributed by atoms with van der Waals surface area (Å²) in [5.74, 6) is 0.268. The third kappa shape index (κ3) is 1.91. The van der Waals surface area contributed by atoms with Crippen LogP contribution in [0.1, 0.15) is 24.4 Å². The highest BCUT2D eigenvalue weighted by molar-refractivity contribution is 6.17. The second-order valence-corrected chi connectivity index (χ2v) is 4.19. The van der Waals surface area contributed by atoms with Gasteiger partial charge in [-0.15, -0.1) is 11.6 Å². The van der Waals surface area contributed by atoms with E-state index in [0.717, 1.165) is 0 Å². The van der Waals surface area contributed by atoms with E-state index in [-0.39, 0.29) is 5.88 Å². The summed E-state index contributed by atoms with van der Waals surface area (Å²) in [5.41, 5.74) is 7.20. The van der Waals surface area contributed by atoms with Crippen molar-refractivity contribution in [1.29, 1.82) is 5.26 Å². The summed E-state index contributed by atoms with van der Waals surface area (Å²) < 4.78 is 1.67. The van der Waals surface area contributed by atoms with E-state index in [1.54, 1.807) is 29.7 Å². The number of carbonyl (C=O) groups excluding carboxylic acids is 1. The number of carbonyl (C=O) groups is 1. The van der Waals surface area contributed by atoms with Crippen molar-refractivity contribution < 1.29 is 4.79 Å². The maximum atomic E-state index is 11.3. The molecule has 18 heavy (non-hydrogen) atoms. The predicted octanol–water partition coefficient (Wildman–Crippen LogP) is 1.69. The number of nitrogens with two attached hydrogens (primary N) is 1. The molecule has 1 unspecified atom stereocenters. The minimum Gasteiger partial charge on any atom is -0.368 e. The number of primary amides is 1. The van der Waals surface area contributed by atoms with Gasteiger partial charge in [-0.2, -0.15) is 5.26 Å². The summed E-state index contributed by atoms with van der Waals surface area (Å²) >= 11 is 5.83. The minimum absolute atomic E-state index is 0.175. The summed E-state index contributed by atoms with van der Waals surface area (Å²) in [6.45, 7) is 1.68. The van der Waals surface area contributed by atoms with Crippen LogP contribution < -0.4 is 5.73 Å². The molecule has 0 bridgehead atoms. The zero-order valence-electron chi connectivity index (χ0n) is 9.72. The number of nitriles is 1. The highest BCUT2D eigenvalue weighted by atomic mass is 35.5. The van der Waals surface area contributed by atoms with E-state index in [0.29, 0.717) is 22.4 Å². The van der Waals surface area contributed by atoms with E-state index in [2.05, 4.69) is 11.1 Å². The van der Waals surface area contributed by atoms with Crippen LogP contribution in [0, 0.1) is 11.3 Å². The number of halogens is 1. The Labute approximate surface area is 109 Å².